The molecule has 0 aromatic heterocycles. The molecule has 1 heterocycles. The largest absolute Gasteiger partial charge is 0.446 e. The summed E-state index contributed by atoms with van der Waals surface area (Å²) in [4.78, 5) is 11.9. The van der Waals surface area contributed by atoms with Crippen molar-refractivity contribution < 1.29 is 19.5 Å². The van der Waals surface area contributed by atoms with Crippen LogP contribution in [0.15, 0.2) is 0 Å². The van der Waals surface area contributed by atoms with Gasteiger partial charge in [0.2, 0.25) is 0 Å². The van der Waals surface area contributed by atoms with Crippen molar-refractivity contribution in [1.29, 1.82) is 5.26 Å². The smallest absolute Gasteiger partial charge is 0.407 e. The summed E-state index contributed by atoms with van der Waals surface area (Å²) in [6.07, 6.45) is 5.89. The molecule has 0 spiro atoms. The summed E-state index contributed by atoms with van der Waals surface area (Å²) in [5.41, 5.74) is -0.865. The monoisotopic (exact) mass is 341 g/mol. The number of unbranched alkanes of at least 4 members (excludes halogenated alkanes) is 3. The second kappa shape index (κ2) is 9.09. The van der Waals surface area contributed by atoms with E-state index in [1.165, 1.54) is 5.06 Å². The van der Waals surface area contributed by atoms with Crippen molar-refractivity contribution >= 4 is 6.09 Å². The number of ether oxygens (including phenoxy) is 2. The highest BCUT2D eigenvalue weighted by Crippen LogP contribution is 2.37. The van der Waals surface area contributed by atoms with Gasteiger partial charge in [-0.3, -0.25) is 0 Å². The molecule has 1 fully saturated rings. The van der Waals surface area contributed by atoms with E-state index in [4.69, 9.17) is 10.00 Å². The quantitative estimate of drug-likeness (QED) is 0.520. The summed E-state index contributed by atoms with van der Waals surface area (Å²) < 4.78 is 10.1. The van der Waals surface area contributed by atoms with E-state index in [9.17, 15) is 10.0 Å². The number of hydrogen-bond donors (Lipinski definition) is 2. The summed E-state index contributed by atoms with van der Waals surface area (Å²) >= 11 is 0. The van der Waals surface area contributed by atoms with Crippen molar-refractivity contribution in [3.63, 3.8) is 0 Å². The number of carbonyl (C=O) groups is 1. The topological polar surface area (TPSA) is 94.8 Å². The zero-order valence-electron chi connectivity index (χ0n) is 15.3. The highest BCUT2D eigenvalue weighted by molar-refractivity contribution is 5.67. The third-order valence-corrected chi connectivity index (χ3v) is 4.38. The van der Waals surface area contributed by atoms with E-state index in [-0.39, 0.29) is 6.10 Å². The molecular formula is C17H31N3O4. The van der Waals surface area contributed by atoms with Crippen LogP contribution in [0.5, 0.6) is 0 Å². The zero-order valence-corrected chi connectivity index (χ0v) is 15.3. The van der Waals surface area contributed by atoms with Gasteiger partial charge in [0.25, 0.3) is 6.26 Å². The number of hydroxylamine groups is 2. The first-order chi connectivity index (χ1) is 11.2. The van der Waals surface area contributed by atoms with E-state index in [0.29, 0.717) is 26.0 Å². The van der Waals surface area contributed by atoms with Gasteiger partial charge in [0.05, 0.1) is 0 Å². The molecule has 0 aromatic carbocycles. The number of piperidine rings is 1. The third-order valence-electron chi connectivity index (χ3n) is 4.38. The number of hydrogen-bond acceptors (Lipinski definition) is 6. The maximum absolute atomic E-state index is 11.9. The molecule has 1 aliphatic rings. The highest BCUT2D eigenvalue weighted by Gasteiger charge is 2.46. The van der Waals surface area contributed by atoms with Crippen LogP contribution in [-0.4, -0.2) is 46.7 Å². The van der Waals surface area contributed by atoms with E-state index in [0.717, 1.165) is 25.7 Å². The molecule has 24 heavy (non-hydrogen) atoms. The normalized spacial score (nSPS) is 20.2. The van der Waals surface area contributed by atoms with Crippen molar-refractivity contribution in [2.75, 3.05) is 13.2 Å². The summed E-state index contributed by atoms with van der Waals surface area (Å²) in [5.74, 6) is 0. The van der Waals surface area contributed by atoms with Crippen molar-refractivity contribution in [2.45, 2.75) is 83.4 Å². The molecule has 1 aliphatic heterocycles. The van der Waals surface area contributed by atoms with Gasteiger partial charge < -0.3 is 20.0 Å². The standard InChI is InChI=1S/C17H31N3O4/c1-16(2)11-14(12-17(3,4)20(16)22)24-15(21)19-9-7-5-6-8-10-23-13-18/h14,22H,5-12H2,1-4H3,(H,19,21). The predicted molar refractivity (Wildman–Crippen MR) is 89.3 cm³/mol. The molecule has 0 radical (unpaired) electrons. The maximum Gasteiger partial charge on any atom is 0.407 e. The fourth-order valence-electron chi connectivity index (χ4n) is 3.34. The molecule has 1 rings (SSSR count). The van der Waals surface area contributed by atoms with E-state index in [2.05, 4.69) is 10.1 Å². The molecule has 7 heteroatoms. The van der Waals surface area contributed by atoms with Crippen LogP contribution in [0.25, 0.3) is 0 Å². The van der Waals surface area contributed by atoms with Gasteiger partial charge in [0.15, 0.2) is 0 Å². The number of amides is 1. The van der Waals surface area contributed by atoms with Crippen molar-refractivity contribution in [3.8, 4) is 6.26 Å². The van der Waals surface area contributed by atoms with E-state index in [1.54, 1.807) is 6.26 Å². The number of nitriles is 1. The summed E-state index contributed by atoms with van der Waals surface area (Å²) in [6, 6.07) is 0. The number of nitrogens with zero attached hydrogens (tertiary/aromatic N) is 2. The summed E-state index contributed by atoms with van der Waals surface area (Å²) in [7, 11) is 0. The molecule has 138 valence electrons. The Morgan fingerprint density at radius 3 is 2.38 bits per heavy atom. The Balaban J connectivity index is 2.22. The Bertz CT molecular complexity index is 428. The average Bonchev–Trinajstić information content (AvgIpc) is 2.47. The molecule has 1 amide bonds. The fourth-order valence-corrected chi connectivity index (χ4v) is 3.34. The van der Waals surface area contributed by atoms with Crippen LogP contribution < -0.4 is 5.32 Å². The Hall–Kier alpha value is -1.52. The summed E-state index contributed by atoms with van der Waals surface area (Å²) in [6.45, 7) is 8.80. The van der Waals surface area contributed by atoms with Crippen LogP contribution in [0.4, 0.5) is 4.79 Å². The minimum atomic E-state index is -0.432. The van der Waals surface area contributed by atoms with E-state index < -0.39 is 17.2 Å². The Morgan fingerprint density at radius 1 is 1.21 bits per heavy atom. The first-order valence-electron chi connectivity index (χ1n) is 8.63. The first-order valence-corrected chi connectivity index (χ1v) is 8.63. The SMILES string of the molecule is CC1(C)CC(OC(=O)NCCCCCCOC#N)CC(C)(C)N1O. The lowest BCUT2D eigenvalue weighted by Gasteiger charge is -2.50. The van der Waals surface area contributed by atoms with Crippen LogP contribution in [0.1, 0.15) is 66.2 Å². The Morgan fingerprint density at radius 2 is 1.79 bits per heavy atom. The van der Waals surface area contributed by atoms with Gasteiger partial charge in [0, 0.05) is 30.5 Å². The van der Waals surface area contributed by atoms with Crippen LogP contribution >= 0.6 is 0 Å². The molecule has 0 aromatic rings. The van der Waals surface area contributed by atoms with Crippen LogP contribution in [0.2, 0.25) is 0 Å². The van der Waals surface area contributed by atoms with Gasteiger partial charge >= 0.3 is 6.09 Å². The minimum absolute atomic E-state index is 0.207. The average molecular weight is 341 g/mol. The molecular weight excluding hydrogens is 310 g/mol. The van der Waals surface area contributed by atoms with Crippen LogP contribution in [-0.2, 0) is 9.47 Å². The fraction of sp³-hybridized carbons (Fsp3) is 0.882. The number of carbonyl (C=O) groups excluding carboxylic acids is 1. The second-order valence-corrected chi connectivity index (χ2v) is 7.65. The molecule has 0 saturated carbocycles. The van der Waals surface area contributed by atoms with Crippen molar-refractivity contribution in [1.82, 2.24) is 10.4 Å². The third kappa shape index (κ3) is 6.54. The Kier molecular flexibility index (Phi) is 7.77. The van der Waals surface area contributed by atoms with Gasteiger partial charge in [-0.15, -0.1) is 0 Å². The molecule has 2 N–H and O–H groups in total. The summed E-state index contributed by atoms with van der Waals surface area (Å²) in [5, 5.41) is 22.6. The minimum Gasteiger partial charge on any atom is -0.446 e. The predicted octanol–water partition coefficient (Wildman–Crippen LogP) is 3.18. The molecule has 0 bridgehead atoms. The van der Waals surface area contributed by atoms with Crippen molar-refractivity contribution in [2.24, 2.45) is 0 Å². The number of alkyl carbamates (subject to hydrolysis) is 1. The second-order valence-electron chi connectivity index (χ2n) is 7.65. The Labute approximate surface area is 144 Å². The first kappa shape index (κ1) is 20.5. The van der Waals surface area contributed by atoms with Gasteiger partial charge in [0.1, 0.15) is 12.7 Å². The lowest BCUT2D eigenvalue weighted by atomic mass is 9.80. The zero-order chi connectivity index (χ0) is 18.2. The number of nitrogens with one attached hydrogen (secondary N) is 1. The van der Waals surface area contributed by atoms with Crippen molar-refractivity contribution in [3.05, 3.63) is 0 Å². The molecule has 1 saturated heterocycles. The number of rotatable bonds is 8. The highest BCUT2D eigenvalue weighted by atomic mass is 16.6. The maximum atomic E-state index is 11.9. The molecule has 0 unspecified atom stereocenters. The van der Waals surface area contributed by atoms with Gasteiger partial charge in [-0.1, -0.05) is 6.42 Å². The van der Waals surface area contributed by atoms with Gasteiger partial charge in [-0.05, 0) is 47.0 Å². The molecule has 7 nitrogen and oxygen atoms in total. The lowest BCUT2D eigenvalue weighted by Crippen LogP contribution is -2.60. The van der Waals surface area contributed by atoms with E-state index in [1.807, 2.05) is 27.7 Å². The lowest BCUT2D eigenvalue weighted by molar-refractivity contribution is -0.256. The molecule has 0 aliphatic carbocycles. The van der Waals surface area contributed by atoms with Crippen LogP contribution in [0.3, 0.4) is 0 Å². The van der Waals surface area contributed by atoms with Gasteiger partial charge in [-0.2, -0.15) is 10.3 Å². The molecule has 0 atom stereocenters. The van der Waals surface area contributed by atoms with E-state index >= 15 is 0 Å². The van der Waals surface area contributed by atoms with Crippen LogP contribution in [0, 0.1) is 11.5 Å². The van der Waals surface area contributed by atoms with Gasteiger partial charge in [-0.25, -0.2) is 4.79 Å².